The van der Waals surface area contributed by atoms with Gasteiger partial charge in [-0.15, -0.1) is 12.4 Å². The number of aromatic nitrogens is 4. The number of hydrogen-bond donors (Lipinski definition) is 0. The summed E-state index contributed by atoms with van der Waals surface area (Å²) in [5.74, 6) is 0.608. The molecular weight excluding hydrogens is 310 g/mol. The maximum absolute atomic E-state index is 4.38. The first kappa shape index (κ1) is 17.4. The summed E-state index contributed by atoms with van der Waals surface area (Å²) in [4.78, 5) is 10.9. The molecule has 0 unspecified atom stereocenters. The van der Waals surface area contributed by atoms with Gasteiger partial charge in [0.2, 0.25) is 0 Å². The summed E-state index contributed by atoms with van der Waals surface area (Å²) in [6.07, 6.45) is 13.1. The van der Waals surface area contributed by atoms with Crippen molar-refractivity contribution in [2.75, 3.05) is 19.6 Å². The van der Waals surface area contributed by atoms with E-state index in [0.29, 0.717) is 5.95 Å². The van der Waals surface area contributed by atoms with Crippen LogP contribution in [-0.4, -0.2) is 44.3 Å². The summed E-state index contributed by atoms with van der Waals surface area (Å²) in [5, 5.41) is 4.38. The van der Waals surface area contributed by atoms with Crippen LogP contribution in [0.25, 0.3) is 12.0 Å². The predicted octanol–water partition coefficient (Wildman–Crippen LogP) is 3.06. The topological polar surface area (TPSA) is 46.8 Å². The SMILES string of the molecule is CC1=CCN(CC=Cc2cnn(-c3ncccn3)c2C)CC1.Cl. The largest absolute Gasteiger partial charge is 0.296 e. The van der Waals surface area contributed by atoms with Crippen LogP contribution in [0.4, 0.5) is 0 Å². The standard InChI is InChI=1S/C17H21N5.ClH/c1-14-6-11-21(12-7-14)10-3-5-16-13-20-22(15(16)2)17-18-8-4-9-19-17;/h3-6,8-9,13H,7,10-12H2,1-2H3;1H. The van der Waals surface area contributed by atoms with Gasteiger partial charge in [-0.25, -0.2) is 14.6 Å². The van der Waals surface area contributed by atoms with Crippen molar-refractivity contribution in [3.63, 3.8) is 0 Å². The van der Waals surface area contributed by atoms with E-state index in [1.54, 1.807) is 23.1 Å². The van der Waals surface area contributed by atoms with Gasteiger partial charge >= 0.3 is 0 Å². The molecule has 0 aromatic carbocycles. The van der Waals surface area contributed by atoms with Crippen LogP contribution in [0, 0.1) is 6.92 Å². The minimum absolute atomic E-state index is 0. The lowest BCUT2D eigenvalue weighted by molar-refractivity contribution is 0.326. The van der Waals surface area contributed by atoms with E-state index < -0.39 is 0 Å². The zero-order chi connectivity index (χ0) is 15.4. The lowest BCUT2D eigenvalue weighted by Gasteiger charge is -2.23. The van der Waals surface area contributed by atoms with Crippen LogP contribution in [0.15, 0.2) is 42.4 Å². The Bertz CT molecular complexity index is 690. The second-order valence-corrected chi connectivity index (χ2v) is 5.61. The summed E-state index contributed by atoms with van der Waals surface area (Å²) in [5.41, 5.74) is 3.66. The summed E-state index contributed by atoms with van der Waals surface area (Å²) in [6.45, 7) is 7.40. The number of nitrogens with zero attached hydrogens (tertiary/aromatic N) is 5. The summed E-state index contributed by atoms with van der Waals surface area (Å²) < 4.78 is 1.77. The van der Waals surface area contributed by atoms with Gasteiger partial charge in [0.1, 0.15) is 0 Å². The van der Waals surface area contributed by atoms with Crippen LogP contribution in [0.2, 0.25) is 0 Å². The van der Waals surface area contributed by atoms with Gasteiger partial charge in [-0.1, -0.05) is 23.8 Å². The van der Waals surface area contributed by atoms with E-state index in [2.05, 4.69) is 45.1 Å². The van der Waals surface area contributed by atoms with Crippen molar-refractivity contribution in [3.8, 4) is 5.95 Å². The van der Waals surface area contributed by atoms with Gasteiger partial charge < -0.3 is 0 Å². The molecule has 5 nitrogen and oxygen atoms in total. The monoisotopic (exact) mass is 331 g/mol. The highest BCUT2D eigenvalue weighted by molar-refractivity contribution is 5.85. The highest BCUT2D eigenvalue weighted by Crippen LogP contribution is 2.13. The second-order valence-electron chi connectivity index (χ2n) is 5.61. The summed E-state index contributed by atoms with van der Waals surface area (Å²) in [7, 11) is 0. The molecular formula is C17H22ClN5. The van der Waals surface area contributed by atoms with Gasteiger partial charge in [0, 0.05) is 37.6 Å². The maximum Gasteiger partial charge on any atom is 0.250 e. The highest BCUT2D eigenvalue weighted by atomic mass is 35.5. The molecule has 3 rings (SSSR count). The van der Waals surface area contributed by atoms with Crippen molar-refractivity contribution in [2.45, 2.75) is 20.3 Å². The lowest BCUT2D eigenvalue weighted by Crippen LogP contribution is -2.28. The molecule has 3 heterocycles. The lowest BCUT2D eigenvalue weighted by atomic mass is 10.1. The molecule has 6 heteroatoms. The number of hydrogen-bond acceptors (Lipinski definition) is 4. The Hall–Kier alpha value is -1.98. The van der Waals surface area contributed by atoms with Gasteiger partial charge in [0.05, 0.1) is 11.9 Å². The van der Waals surface area contributed by atoms with Crippen LogP contribution in [0.3, 0.4) is 0 Å². The molecule has 1 aliphatic heterocycles. The Kier molecular flexibility index (Phi) is 6.07. The molecule has 23 heavy (non-hydrogen) atoms. The van der Waals surface area contributed by atoms with Gasteiger partial charge in [0.25, 0.3) is 5.95 Å². The zero-order valence-corrected chi connectivity index (χ0v) is 14.3. The Morgan fingerprint density at radius 2 is 2.00 bits per heavy atom. The normalized spacial score (nSPS) is 15.5. The quantitative estimate of drug-likeness (QED) is 0.808. The third-order valence-electron chi connectivity index (χ3n) is 3.97. The van der Waals surface area contributed by atoms with E-state index in [9.17, 15) is 0 Å². The van der Waals surface area contributed by atoms with Gasteiger partial charge in [-0.05, 0) is 26.3 Å². The molecule has 0 radical (unpaired) electrons. The molecule has 0 N–H and O–H groups in total. The Morgan fingerprint density at radius 1 is 1.22 bits per heavy atom. The molecule has 2 aromatic heterocycles. The predicted molar refractivity (Wildman–Crippen MR) is 95.0 cm³/mol. The Labute approximate surface area is 143 Å². The molecule has 0 bridgehead atoms. The third kappa shape index (κ3) is 4.27. The minimum atomic E-state index is 0. The zero-order valence-electron chi connectivity index (χ0n) is 13.5. The van der Waals surface area contributed by atoms with Crippen molar-refractivity contribution >= 4 is 18.5 Å². The van der Waals surface area contributed by atoms with E-state index in [1.807, 2.05) is 13.1 Å². The molecule has 0 atom stereocenters. The van der Waals surface area contributed by atoms with Crippen molar-refractivity contribution in [2.24, 2.45) is 0 Å². The Morgan fingerprint density at radius 3 is 2.70 bits per heavy atom. The second kappa shape index (κ2) is 8.04. The first-order valence-corrected chi connectivity index (χ1v) is 7.60. The van der Waals surface area contributed by atoms with E-state index >= 15 is 0 Å². The average molecular weight is 332 g/mol. The molecule has 0 amide bonds. The van der Waals surface area contributed by atoms with Gasteiger partial charge in [0.15, 0.2) is 0 Å². The molecule has 0 saturated heterocycles. The molecule has 2 aromatic rings. The molecule has 0 spiro atoms. The fourth-order valence-electron chi connectivity index (χ4n) is 2.50. The molecule has 0 saturated carbocycles. The smallest absolute Gasteiger partial charge is 0.250 e. The van der Waals surface area contributed by atoms with E-state index in [1.165, 1.54) is 12.0 Å². The first-order valence-electron chi connectivity index (χ1n) is 7.60. The number of halogens is 1. The maximum atomic E-state index is 4.38. The van der Waals surface area contributed by atoms with E-state index in [4.69, 9.17) is 0 Å². The van der Waals surface area contributed by atoms with Crippen LogP contribution >= 0.6 is 12.4 Å². The highest BCUT2D eigenvalue weighted by Gasteiger charge is 2.09. The average Bonchev–Trinajstić information content (AvgIpc) is 2.91. The van der Waals surface area contributed by atoms with Crippen molar-refractivity contribution < 1.29 is 0 Å². The number of rotatable bonds is 4. The van der Waals surface area contributed by atoms with Crippen LogP contribution in [-0.2, 0) is 0 Å². The van der Waals surface area contributed by atoms with Crippen LogP contribution < -0.4 is 0 Å². The molecule has 1 aliphatic rings. The Balaban J connectivity index is 0.00000192. The van der Waals surface area contributed by atoms with Crippen molar-refractivity contribution in [1.29, 1.82) is 0 Å². The van der Waals surface area contributed by atoms with E-state index in [0.717, 1.165) is 30.9 Å². The molecule has 0 fully saturated rings. The van der Waals surface area contributed by atoms with Gasteiger partial charge in [-0.3, -0.25) is 4.90 Å². The van der Waals surface area contributed by atoms with Crippen molar-refractivity contribution in [3.05, 3.63) is 53.6 Å². The molecule has 122 valence electrons. The summed E-state index contributed by atoms with van der Waals surface area (Å²) >= 11 is 0. The van der Waals surface area contributed by atoms with Gasteiger partial charge in [-0.2, -0.15) is 5.10 Å². The van der Waals surface area contributed by atoms with E-state index in [-0.39, 0.29) is 12.4 Å². The fourth-order valence-corrected chi connectivity index (χ4v) is 2.50. The van der Waals surface area contributed by atoms with Crippen LogP contribution in [0.1, 0.15) is 24.6 Å². The third-order valence-corrected chi connectivity index (χ3v) is 3.97. The molecule has 0 aliphatic carbocycles. The van der Waals surface area contributed by atoms with Crippen molar-refractivity contribution in [1.82, 2.24) is 24.6 Å². The minimum Gasteiger partial charge on any atom is -0.296 e. The summed E-state index contributed by atoms with van der Waals surface area (Å²) in [6, 6.07) is 1.80. The van der Waals surface area contributed by atoms with Crippen LogP contribution in [0.5, 0.6) is 0 Å². The first-order chi connectivity index (χ1) is 10.7. The fraction of sp³-hybridized carbons (Fsp3) is 0.353.